The van der Waals surface area contributed by atoms with E-state index in [4.69, 9.17) is 4.52 Å². The number of hydrogen-bond acceptors (Lipinski definition) is 6. The number of pyridine rings is 1. The Balaban J connectivity index is 2.23. The van der Waals surface area contributed by atoms with Crippen LogP contribution in [-0.2, 0) is 16.4 Å². The van der Waals surface area contributed by atoms with Crippen molar-refractivity contribution in [2.24, 2.45) is 0 Å². The number of rotatable bonds is 4. The summed E-state index contributed by atoms with van der Waals surface area (Å²) in [5, 5.41) is 4.04. The van der Waals surface area contributed by atoms with Crippen LogP contribution in [0, 0.1) is 13.8 Å². The molecule has 0 aromatic carbocycles. The van der Waals surface area contributed by atoms with Crippen molar-refractivity contribution in [2.75, 3.05) is 11.9 Å². The van der Waals surface area contributed by atoms with Crippen molar-refractivity contribution >= 4 is 15.5 Å². The fourth-order valence-corrected chi connectivity index (χ4v) is 3.19. The maximum Gasteiger partial charge on any atom is 0.200 e. The van der Waals surface area contributed by atoms with Gasteiger partial charge in [0, 0.05) is 19.2 Å². The largest absolute Gasteiger partial charge is 0.369 e. The molecule has 0 bridgehead atoms. The van der Waals surface area contributed by atoms with Crippen molar-refractivity contribution in [1.29, 1.82) is 0 Å². The molecule has 0 fully saturated rings. The molecule has 0 saturated heterocycles. The molecule has 23 heavy (non-hydrogen) atoms. The molecule has 0 aliphatic heterocycles. The van der Waals surface area contributed by atoms with E-state index in [-0.39, 0.29) is 5.03 Å². The Morgan fingerprint density at radius 2 is 1.87 bits per heavy atom. The van der Waals surface area contributed by atoms with Crippen LogP contribution >= 0.6 is 0 Å². The number of nitrogens with zero attached hydrogens (tertiary/aromatic N) is 3. The summed E-state index contributed by atoms with van der Waals surface area (Å²) < 4.78 is 29.1. The van der Waals surface area contributed by atoms with E-state index >= 15 is 0 Å². The smallest absolute Gasteiger partial charge is 0.200 e. The van der Waals surface area contributed by atoms with Gasteiger partial charge in [-0.05, 0) is 46.8 Å². The van der Waals surface area contributed by atoms with Crippen molar-refractivity contribution < 1.29 is 12.9 Å². The summed E-state index contributed by atoms with van der Waals surface area (Å²) in [6, 6.07) is 3.32. The van der Waals surface area contributed by atoms with E-state index in [1.807, 2.05) is 25.8 Å². The lowest BCUT2D eigenvalue weighted by Crippen LogP contribution is -2.28. The summed E-state index contributed by atoms with van der Waals surface area (Å²) >= 11 is 0. The van der Waals surface area contributed by atoms with Gasteiger partial charge in [0.1, 0.15) is 5.76 Å². The number of aromatic nitrogens is 2. The molecule has 0 spiro atoms. The lowest BCUT2D eigenvalue weighted by molar-refractivity contribution is 0.392. The highest BCUT2D eigenvalue weighted by Gasteiger charge is 2.32. The molecule has 126 valence electrons. The van der Waals surface area contributed by atoms with E-state index in [1.165, 1.54) is 0 Å². The zero-order valence-electron chi connectivity index (χ0n) is 14.4. The van der Waals surface area contributed by atoms with Gasteiger partial charge in [-0.3, -0.25) is 0 Å². The first-order valence-electron chi connectivity index (χ1n) is 7.37. The molecule has 0 radical (unpaired) electrons. The van der Waals surface area contributed by atoms with Crippen LogP contribution in [0.15, 0.2) is 27.9 Å². The first kappa shape index (κ1) is 17.5. The van der Waals surface area contributed by atoms with Gasteiger partial charge in [-0.1, -0.05) is 5.16 Å². The van der Waals surface area contributed by atoms with Crippen LogP contribution in [0.3, 0.4) is 0 Å². The molecule has 0 N–H and O–H groups in total. The van der Waals surface area contributed by atoms with Gasteiger partial charge in [0.15, 0.2) is 14.9 Å². The van der Waals surface area contributed by atoms with Crippen LogP contribution in [0.5, 0.6) is 0 Å². The third-order valence-electron chi connectivity index (χ3n) is 3.82. The SMILES string of the molecule is Cc1noc(C)c1CN(C)c1ccc(S(=O)(=O)C(C)(C)C)nc1. The summed E-state index contributed by atoms with van der Waals surface area (Å²) in [5.41, 5.74) is 2.71. The first-order valence-corrected chi connectivity index (χ1v) is 8.86. The van der Waals surface area contributed by atoms with E-state index in [0.717, 1.165) is 22.7 Å². The van der Waals surface area contributed by atoms with Gasteiger partial charge in [-0.2, -0.15) is 0 Å². The zero-order chi connectivity index (χ0) is 17.4. The Morgan fingerprint density at radius 1 is 1.22 bits per heavy atom. The molecular formula is C16H23N3O3S. The van der Waals surface area contributed by atoms with Crippen molar-refractivity contribution in [3.8, 4) is 0 Å². The fourth-order valence-electron chi connectivity index (χ4n) is 2.13. The summed E-state index contributed by atoms with van der Waals surface area (Å²) in [6.07, 6.45) is 1.58. The second-order valence-electron chi connectivity index (χ2n) is 6.63. The third kappa shape index (κ3) is 3.39. The average molecular weight is 337 g/mol. The third-order valence-corrected chi connectivity index (χ3v) is 6.22. The Morgan fingerprint density at radius 3 is 2.30 bits per heavy atom. The molecular weight excluding hydrogens is 314 g/mol. The normalized spacial score (nSPS) is 12.4. The molecule has 2 heterocycles. The quantitative estimate of drug-likeness (QED) is 0.854. The van der Waals surface area contributed by atoms with Gasteiger partial charge in [-0.25, -0.2) is 13.4 Å². The predicted octanol–water partition coefficient (Wildman–Crippen LogP) is 2.90. The summed E-state index contributed by atoms with van der Waals surface area (Å²) in [5.74, 6) is 0.786. The molecule has 2 aromatic heterocycles. The van der Waals surface area contributed by atoms with Crippen molar-refractivity contribution in [1.82, 2.24) is 10.1 Å². The topological polar surface area (TPSA) is 76.3 Å². The lowest BCUT2D eigenvalue weighted by Gasteiger charge is -2.21. The van der Waals surface area contributed by atoms with Crippen molar-refractivity contribution in [2.45, 2.75) is 50.9 Å². The van der Waals surface area contributed by atoms with Gasteiger partial charge in [0.25, 0.3) is 0 Å². The fraction of sp³-hybridized carbons (Fsp3) is 0.500. The Labute approximate surface area is 137 Å². The Hall–Kier alpha value is -1.89. The molecule has 7 heteroatoms. The van der Waals surface area contributed by atoms with Gasteiger partial charge < -0.3 is 9.42 Å². The van der Waals surface area contributed by atoms with E-state index in [2.05, 4.69) is 10.1 Å². The molecule has 0 amide bonds. The second-order valence-corrected chi connectivity index (χ2v) is 9.28. The van der Waals surface area contributed by atoms with Crippen LogP contribution in [0.4, 0.5) is 5.69 Å². The van der Waals surface area contributed by atoms with E-state index in [1.54, 1.807) is 39.1 Å². The summed E-state index contributed by atoms with van der Waals surface area (Å²) in [6.45, 7) is 9.40. The summed E-state index contributed by atoms with van der Waals surface area (Å²) in [4.78, 5) is 6.12. The molecule has 0 saturated carbocycles. The molecule has 2 rings (SSSR count). The maximum atomic E-state index is 12.4. The minimum atomic E-state index is -3.44. The predicted molar refractivity (Wildman–Crippen MR) is 89.3 cm³/mol. The molecule has 0 unspecified atom stereocenters. The van der Waals surface area contributed by atoms with E-state index in [9.17, 15) is 8.42 Å². The number of hydrogen-bond donors (Lipinski definition) is 0. The number of sulfone groups is 1. The molecule has 0 aliphatic carbocycles. The van der Waals surface area contributed by atoms with Crippen molar-refractivity contribution in [3.05, 3.63) is 35.3 Å². The minimum Gasteiger partial charge on any atom is -0.369 e. The molecule has 0 aliphatic rings. The van der Waals surface area contributed by atoms with Gasteiger partial charge in [-0.15, -0.1) is 0 Å². The number of aryl methyl sites for hydroxylation is 2. The van der Waals surface area contributed by atoms with E-state index in [0.29, 0.717) is 6.54 Å². The first-order chi connectivity index (χ1) is 10.5. The second kappa shape index (κ2) is 5.96. The lowest BCUT2D eigenvalue weighted by atomic mass is 10.2. The van der Waals surface area contributed by atoms with Crippen LogP contribution in [0.25, 0.3) is 0 Å². The summed E-state index contributed by atoms with van der Waals surface area (Å²) in [7, 11) is -1.52. The van der Waals surface area contributed by atoms with Crippen LogP contribution in [0.1, 0.15) is 37.8 Å². The highest BCUT2D eigenvalue weighted by atomic mass is 32.2. The van der Waals surface area contributed by atoms with Crippen LogP contribution < -0.4 is 4.90 Å². The molecule has 6 nitrogen and oxygen atoms in total. The zero-order valence-corrected chi connectivity index (χ0v) is 15.2. The average Bonchev–Trinajstić information content (AvgIpc) is 2.78. The monoisotopic (exact) mass is 337 g/mol. The highest BCUT2D eigenvalue weighted by Crippen LogP contribution is 2.25. The minimum absolute atomic E-state index is 0.0967. The number of anilines is 1. The molecule has 2 aromatic rings. The van der Waals surface area contributed by atoms with Crippen LogP contribution in [0.2, 0.25) is 0 Å². The Bertz CT molecular complexity index is 767. The molecule has 0 atom stereocenters. The van der Waals surface area contributed by atoms with Crippen LogP contribution in [-0.4, -0.2) is 30.4 Å². The maximum absolute atomic E-state index is 12.4. The van der Waals surface area contributed by atoms with Crippen molar-refractivity contribution in [3.63, 3.8) is 0 Å². The van der Waals surface area contributed by atoms with E-state index < -0.39 is 14.6 Å². The van der Waals surface area contributed by atoms with Gasteiger partial charge >= 0.3 is 0 Å². The van der Waals surface area contributed by atoms with Gasteiger partial charge in [0.2, 0.25) is 0 Å². The Kier molecular flexibility index (Phi) is 4.52. The van der Waals surface area contributed by atoms with Gasteiger partial charge in [0.05, 0.1) is 22.3 Å². The highest BCUT2D eigenvalue weighted by molar-refractivity contribution is 7.92. The standard InChI is InChI=1S/C16H23N3O3S/c1-11-14(12(2)22-18-11)10-19(6)13-7-8-15(17-9-13)23(20,21)16(3,4)5/h7-9H,10H2,1-6H3.